The predicted molar refractivity (Wildman–Crippen MR) is 128 cm³/mol. The van der Waals surface area contributed by atoms with Gasteiger partial charge in [0, 0.05) is 43.7 Å². The number of rotatable bonds is 7. The van der Waals surface area contributed by atoms with Crippen molar-refractivity contribution in [2.45, 2.75) is 52.0 Å². The molecule has 2 heterocycles. The third kappa shape index (κ3) is 7.17. The van der Waals surface area contributed by atoms with Crippen LogP contribution in [0.3, 0.4) is 0 Å². The molecule has 1 aromatic carbocycles. The van der Waals surface area contributed by atoms with Crippen LogP contribution in [-0.4, -0.2) is 48.3 Å². The van der Waals surface area contributed by atoms with Crippen molar-refractivity contribution < 1.29 is 4.52 Å². The highest BCUT2D eigenvalue weighted by atomic mass is 127. The van der Waals surface area contributed by atoms with Gasteiger partial charge in [0.2, 0.25) is 5.89 Å². The zero-order valence-corrected chi connectivity index (χ0v) is 19.9. The summed E-state index contributed by atoms with van der Waals surface area (Å²) in [4.78, 5) is 11.6. The number of nitrogens with one attached hydrogen (secondary N) is 2. The Bertz CT molecular complexity index is 749. The number of hydrogen-bond donors (Lipinski definition) is 2. The molecule has 1 unspecified atom stereocenters. The Labute approximate surface area is 190 Å². The normalized spacial score (nSPS) is 17.2. The van der Waals surface area contributed by atoms with Gasteiger partial charge in [-0.1, -0.05) is 37.2 Å². The van der Waals surface area contributed by atoms with Gasteiger partial charge in [0.1, 0.15) is 0 Å². The highest BCUT2D eigenvalue weighted by molar-refractivity contribution is 14.0. The van der Waals surface area contributed by atoms with Gasteiger partial charge in [-0.3, -0.25) is 4.99 Å². The molecule has 0 amide bonds. The molecule has 1 fully saturated rings. The summed E-state index contributed by atoms with van der Waals surface area (Å²) in [6.45, 7) is 9.73. The number of para-hydroxylation sites is 1. The lowest BCUT2D eigenvalue weighted by Crippen LogP contribution is -2.51. The summed E-state index contributed by atoms with van der Waals surface area (Å²) < 4.78 is 5.30. The number of benzene rings is 1. The lowest BCUT2D eigenvalue weighted by Gasteiger charge is -2.35. The molecule has 0 spiro atoms. The van der Waals surface area contributed by atoms with Gasteiger partial charge in [0.05, 0.1) is 6.54 Å². The zero-order chi connectivity index (χ0) is 19.8. The Morgan fingerprint density at radius 2 is 2.10 bits per heavy atom. The summed E-state index contributed by atoms with van der Waals surface area (Å²) >= 11 is 0. The summed E-state index contributed by atoms with van der Waals surface area (Å²) in [7, 11) is 0. The molecule has 0 radical (unpaired) electrons. The first-order valence-electron chi connectivity index (χ1n) is 10.3. The molecule has 0 bridgehead atoms. The molecule has 8 heteroatoms. The molecule has 1 aliphatic heterocycles. The highest BCUT2D eigenvalue weighted by Crippen LogP contribution is 2.19. The number of guanidine groups is 1. The van der Waals surface area contributed by atoms with Gasteiger partial charge >= 0.3 is 0 Å². The quantitative estimate of drug-likeness (QED) is 0.336. The fourth-order valence-corrected chi connectivity index (χ4v) is 3.35. The van der Waals surface area contributed by atoms with Crippen molar-refractivity contribution >= 4 is 35.6 Å². The fraction of sp³-hybridized carbons (Fsp3) is 0.571. The number of halogens is 1. The van der Waals surface area contributed by atoms with Crippen LogP contribution in [0.15, 0.2) is 39.8 Å². The summed E-state index contributed by atoms with van der Waals surface area (Å²) in [5, 5.41) is 11.0. The summed E-state index contributed by atoms with van der Waals surface area (Å²) in [6, 6.07) is 11.0. The van der Waals surface area contributed by atoms with Gasteiger partial charge < -0.3 is 20.1 Å². The Hall–Kier alpha value is -1.84. The number of aromatic nitrogens is 2. The number of piperidine rings is 1. The summed E-state index contributed by atoms with van der Waals surface area (Å²) in [5.41, 5.74) is 1.29. The first-order valence-corrected chi connectivity index (χ1v) is 10.3. The average molecular weight is 512 g/mol. The van der Waals surface area contributed by atoms with Crippen LogP contribution in [0.4, 0.5) is 5.69 Å². The molecule has 7 nitrogen and oxygen atoms in total. The maximum atomic E-state index is 5.30. The van der Waals surface area contributed by atoms with Crippen LogP contribution >= 0.6 is 24.0 Å². The second-order valence-corrected chi connectivity index (χ2v) is 7.48. The molecule has 2 N–H and O–H groups in total. The van der Waals surface area contributed by atoms with Crippen molar-refractivity contribution in [1.82, 2.24) is 20.8 Å². The lowest BCUT2D eigenvalue weighted by atomic mass is 10.1. The Morgan fingerprint density at radius 1 is 1.31 bits per heavy atom. The SMILES string of the molecule is CCNC(=NCCc1nc(C(C)C)no1)NC1CCCN(c2ccccc2)C1.I. The van der Waals surface area contributed by atoms with E-state index >= 15 is 0 Å². The molecule has 3 rings (SSSR count). The first kappa shape index (κ1) is 23.4. The molecule has 0 aliphatic carbocycles. The first-order chi connectivity index (χ1) is 13.7. The minimum absolute atomic E-state index is 0. The van der Waals surface area contributed by atoms with Crippen LogP contribution in [0.1, 0.15) is 51.2 Å². The van der Waals surface area contributed by atoms with Crippen molar-refractivity contribution in [2.75, 3.05) is 31.1 Å². The fourth-order valence-electron chi connectivity index (χ4n) is 3.35. The van der Waals surface area contributed by atoms with E-state index in [9.17, 15) is 0 Å². The van der Waals surface area contributed by atoms with E-state index in [2.05, 4.69) is 76.8 Å². The van der Waals surface area contributed by atoms with Gasteiger partial charge in [-0.2, -0.15) is 4.98 Å². The standard InChI is InChI=1S/C21H32N6O.HI/c1-4-22-21(23-13-12-19-25-20(16(2)3)26-28-19)24-17-9-8-14-27(15-17)18-10-6-5-7-11-18;/h5-7,10-11,16-17H,4,8-9,12-15H2,1-3H3,(H2,22,23,24);1H. The van der Waals surface area contributed by atoms with Crippen LogP contribution in [0.25, 0.3) is 0 Å². The summed E-state index contributed by atoms with van der Waals surface area (Å²) in [5.74, 6) is 2.54. The number of aliphatic imine (C=N–C) groups is 1. The third-order valence-corrected chi connectivity index (χ3v) is 4.82. The number of hydrogen-bond acceptors (Lipinski definition) is 5. The van der Waals surface area contributed by atoms with E-state index in [0.29, 0.717) is 24.9 Å². The van der Waals surface area contributed by atoms with E-state index in [1.807, 2.05) is 0 Å². The largest absolute Gasteiger partial charge is 0.369 e. The molecule has 2 aromatic rings. The number of nitrogens with zero attached hydrogens (tertiary/aromatic N) is 4. The topological polar surface area (TPSA) is 78.6 Å². The van der Waals surface area contributed by atoms with Crippen molar-refractivity contribution in [3.63, 3.8) is 0 Å². The smallest absolute Gasteiger partial charge is 0.228 e. The summed E-state index contributed by atoms with van der Waals surface area (Å²) in [6.07, 6.45) is 2.97. The molecule has 160 valence electrons. The second kappa shape index (κ2) is 12.0. The van der Waals surface area contributed by atoms with E-state index in [1.54, 1.807) is 0 Å². The van der Waals surface area contributed by atoms with Gasteiger partial charge in [0.25, 0.3) is 0 Å². The van der Waals surface area contributed by atoms with E-state index in [0.717, 1.165) is 37.8 Å². The molecule has 1 aliphatic rings. The van der Waals surface area contributed by atoms with Crippen molar-refractivity contribution in [2.24, 2.45) is 4.99 Å². The number of anilines is 1. The molecular formula is C21H33IN6O. The molecule has 1 aromatic heterocycles. The average Bonchev–Trinajstić information content (AvgIpc) is 3.18. The van der Waals surface area contributed by atoms with Crippen LogP contribution in [0, 0.1) is 0 Å². The zero-order valence-electron chi connectivity index (χ0n) is 17.6. The van der Waals surface area contributed by atoms with Crippen LogP contribution in [0.2, 0.25) is 0 Å². The maximum absolute atomic E-state index is 5.30. The van der Waals surface area contributed by atoms with E-state index in [4.69, 9.17) is 9.52 Å². The van der Waals surface area contributed by atoms with Crippen LogP contribution < -0.4 is 15.5 Å². The molecule has 0 saturated carbocycles. The molecule has 29 heavy (non-hydrogen) atoms. The molecule has 1 atom stereocenters. The van der Waals surface area contributed by atoms with Gasteiger partial charge in [0.15, 0.2) is 11.8 Å². The van der Waals surface area contributed by atoms with Gasteiger partial charge in [-0.25, -0.2) is 0 Å². The van der Waals surface area contributed by atoms with Crippen molar-refractivity contribution in [3.8, 4) is 0 Å². The third-order valence-electron chi connectivity index (χ3n) is 4.82. The molecular weight excluding hydrogens is 479 g/mol. The van der Waals surface area contributed by atoms with E-state index < -0.39 is 0 Å². The Balaban J connectivity index is 0.00000300. The Morgan fingerprint density at radius 3 is 2.79 bits per heavy atom. The highest BCUT2D eigenvalue weighted by Gasteiger charge is 2.21. The van der Waals surface area contributed by atoms with Gasteiger partial charge in [-0.05, 0) is 31.9 Å². The predicted octanol–water partition coefficient (Wildman–Crippen LogP) is 3.58. The maximum Gasteiger partial charge on any atom is 0.228 e. The second-order valence-electron chi connectivity index (χ2n) is 7.48. The molecule has 1 saturated heterocycles. The minimum Gasteiger partial charge on any atom is -0.369 e. The van der Waals surface area contributed by atoms with Gasteiger partial charge in [-0.15, -0.1) is 24.0 Å². The van der Waals surface area contributed by atoms with E-state index in [-0.39, 0.29) is 29.9 Å². The monoisotopic (exact) mass is 512 g/mol. The Kier molecular flexibility index (Phi) is 9.69. The van der Waals surface area contributed by atoms with E-state index in [1.165, 1.54) is 12.1 Å². The van der Waals surface area contributed by atoms with Crippen LogP contribution in [0.5, 0.6) is 0 Å². The van der Waals surface area contributed by atoms with Crippen LogP contribution in [-0.2, 0) is 6.42 Å². The minimum atomic E-state index is 0. The lowest BCUT2D eigenvalue weighted by molar-refractivity contribution is 0.372. The van der Waals surface area contributed by atoms with Crippen molar-refractivity contribution in [1.29, 1.82) is 0 Å². The van der Waals surface area contributed by atoms with Crippen molar-refractivity contribution in [3.05, 3.63) is 42.0 Å².